The van der Waals surface area contributed by atoms with E-state index in [1.165, 1.54) is 34.6 Å². The van der Waals surface area contributed by atoms with Gasteiger partial charge in [0.05, 0.1) is 17.2 Å². The molecule has 0 amide bonds. The van der Waals surface area contributed by atoms with Gasteiger partial charge in [0.25, 0.3) is 10.0 Å². The quantitative estimate of drug-likeness (QED) is 0.885. The molecule has 0 aliphatic rings. The topological polar surface area (TPSA) is 57.6 Å². The van der Waals surface area contributed by atoms with Crippen molar-refractivity contribution >= 4 is 38.9 Å². The first kappa shape index (κ1) is 17.1. The summed E-state index contributed by atoms with van der Waals surface area (Å²) in [6.07, 6.45) is 0. The van der Waals surface area contributed by atoms with Crippen LogP contribution < -0.4 is 4.31 Å². The minimum absolute atomic E-state index is 0.127. The summed E-state index contributed by atoms with van der Waals surface area (Å²) in [5.41, 5.74) is 0.858. The van der Waals surface area contributed by atoms with Gasteiger partial charge in [-0.3, -0.25) is 4.31 Å². The Morgan fingerprint density at radius 1 is 1.05 bits per heavy atom. The fourth-order valence-corrected chi connectivity index (χ4v) is 3.90. The zero-order valence-corrected chi connectivity index (χ0v) is 14.2. The second-order valence-corrected chi connectivity index (χ2v) is 7.29. The highest BCUT2D eigenvalue weighted by molar-refractivity contribution is 7.92. The maximum Gasteiger partial charge on any atom is 0.264 e. The molecule has 0 fully saturated rings. The second kappa shape index (κ2) is 6.87. The Balaban J connectivity index is 2.56. The SMILES string of the molecule is CCN(c1cc(Cl)ccc1CO)S(=O)(=O)c1ccc(Cl)cc1. The zero-order valence-electron chi connectivity index (χ0n) is 11.8. The van der Waals surface area contributed by atoms with Crippen LogP contribution in [0.4, 0.5) is 5.69 Å². The lowest BCUT2D eigenvalue weighted by Crippen LogP contribution is -2.31. The zero-order chi connectivity index (χ0) is 16.3. The number of aliphatic hydroxyl groups is 1. The van der Waals surface area contributed by atoms with E-state index < -0.39 is 10.0 Å². The van der Waals surface area contributed by atoms with Crippen molar-refractivity contribution in [3.05, 3.63) is 58.1 Å². The third-order valence-corrected chi connectivity index (χ3v) is 5.57. The van der Waals surface area contributed by atoms with Gasteiger partial charge in [0.1, 0.15) is 0 Å². The normalized spacial score (nSPS) is 11.5. The molecule has 0 atom stereocenters. The third kappa shape index (κ3) is 3.38. The van der Waals surface area contributed by atoms with Crippen molar-refractivity contribution in [1.82, 2.24) is 0 Å². The van der Waals surface area contributed by atoms with Gasteiger partial charge in [0.15, 0.2) is 0 Å². The highest BCUT2D eigenvalue weighted by atomic mass is 35.5. The minimum atomic E-state index is -3.77. The maximum atomic E-state index is 12.8. The first-order valence-electron chi connectivity index (χ1n) is 6.57. The standard InChI is InChI=1S/C15H15Cl2NO3S/c1-2-18(15-9-13(17)4-3-11(15)10-19)22(20,21)14-7-5-12(16)6-8-14/h3-9,19H,2,10H2,1H3. The highest BCUT2D eigenvalue weighted by Crippen LogP contribution is 2.30. The van der Waals surface area contributed by atoms with E-state index in [2.05, 4.69) is 0 Å². The van der Waals surface area contributed by atoms with Crippen molar-refractivity contribution in [2.75, 3.05) is 10.8 Å². The van der Waals surface area contributed by atoms with E-state index in [0.29, 0.717) is 21.3 Å². The largest absolute Gasteiger partial charge is 0.392 e. The van der Waals surface area contributed by atoms with Crippen molar-refractivity contribution in [3.8, 4) is 0 Å². The smallest absolute Gasteiger partial charge is 0.264 e. The summed E-state index contributed by atoms with van der Waals surface area (Å²) in [5, 5.41) is 10.3. The van der Waals surface area contributed by atoms with Crippen molar-refractivity contribution < 1.29 is 13.5 Å². The molecule has 118 valence electrons. The number of aliphatic hydroxyl groups excluding tert-OH is 1. The lowest BCUT2D eigenvalue weighted by atomic mass is 10.2. The summed E-state index contributed by atoms with van der Waals surface area (Å²) in [7, 11) is -3.77. The van der Waals surface area contributed by atoms with Crippen molar-refractivity contribution in [1.29, 1.82) is 0 Å². The summed E-state index contributed by atoms with van der Waals surface area (Å²) < 4.78 is 26.8. The molecule has 0 bridgehead atoms. The Hall–Kier alpha value is -1.27. The lowest BCUT2D eigenvalue weighted by molar-refractivity contribution is 0.282. The van der Waals surface area contributed by atoms with Gasteiger partial charge in [-0.25, -0.2) is 8.42 Å². The van der Waals surface area contributed by atoms with Crippen LogP contribution in [0.5, 0.6) is 0 Å². The van der Waals surface area contributed by atoms with E-state index in [4.69, 9.17) is 23.2 Å². The van der Waals surface area contributed by atoms with Crippen molar-refractivity contribution in [3.63, 3.8) is 0 Å². The number of anilines is 1. The lowest BCUT2D eigenvalue weighted by Gasteiger charge is -2.25. The molecule has 0 aliphatic heterocycles. The molecule has 0 heterocycles. The first-order valence-corrected chi connectivity index (χ1v) is 8.77. The van der Waals surface area contributed by atoms with Crippen LogP contribution in [0, 0.1) is 0 Å². The molecular formula is C15H15Cl2NO3S. The molecule has 22 heavy (non-hydrogen) atoms. The highest BCUT2D eigenvalue weighted by Gasteiger charge is 2.25. The monoisotopic (exact) mass is 359 g/mol. The summed E-state index contributed by atoms with van der Waals surface area (Å²) in [6.45, 7) is 1.65. The van der Waals surface area contributed by atoms with E-state index in [9.17, 15) is 13.5 Å². The second-order valence-electron chi connectivity index (χ2n) is 4.55. The number of hydrogen-bond acceptors (Lipinski definition) is 3. The van der Waals surface area contributed by atoms with E-state index in [1.807, 2.05) is 0 Å². The van der Waals surface area contributed by atoms with Gasteiger partial charge in [-0.1, -0.05) is 29.3 Å². The van der Waals surface area contributed by atoms with Crippen LogP contribution in [0.3, 0.4) is 0 Å². The van der Waals surface area contributed by atoms with Crippen molar-refractivity contribution in [2.24, 2.45) is 0 Å². The Morgan fingerprint density at radius 2 is 1.64 bits per heavy atom. The van der Waals surface area contributed by atoms with E-state index >= 15 is 0 Å². The van der Waals surface area contributed by atoms with Crippen LogP contribution >= 0.6 is 23.2 Å². The predicted octanol–water partition coefficient (Wildman–Crippen LogP) is 3.70. The summed E-state index contributed by atoms with van der Waals surface area (Å²) in [6, 6.07) is 10.7. The van der Waals surface area contributed by atoms with Crippen LogP contribution in [0.25, 0.3) is 0 Å². The molecule has 0 spiro atoms. The van der Waals surface area contributed by atoms with Gasteiger partial charge >= 0.3 is 0 Å². The number of sulfonamides is 1. The first-order chi connectivity index (χ1) is 10.4. The van der Waals surface area contributed by atoms with E-state index in [-0.39, 0.29) is 18.0 Å². The molecule has 7 heteroatoms. The summed E-state index contributed by atoms with van der Waals surface area (Å²) >= 11 is 11.8. The molecule has 0 aliphatic carbocycles. The molecule has 0 unspecified atom stereocenters. The molecule has 2 aromatic rings. The van der Waals surface area contributed by atoms with Crippen LogP contribution in [0.1, 0.15) is 12.5 Å². The van der Waals surface area contributed by atoms with Gasteiger partial charge < -0.3 is 5.11 Å². The fourth-order valence-electron chi connectivity index (χ4n) is 2.11. The van der Waals surface area contributed by atoms with Crippen LogP contribution in [-0.2, 0) is 16.6 Å². The average molecular weight is 360 g/mol. The molecule has 4 nitrogen and oxygen atoms in total. The fraction of sp³-hybridized carbons (Fsp3) is 0.200. The van der Waals surface area contributed by atoms with Gasteiger partial charge in [0.2, 0.25) is 0 Å². The predicted molar refractivity (Wildman–Crippen MR) is 89.0 cm³/mol. The van der Waals surface area contributed by atoms with Gasteiger partial charge in [-0.15, -0.1) is 0 Å². The number of hydrogen-bond donors (Lipinski definition) is 1. The van der Waals surface area contributed by atoms with Crippen LogP contribution in [-0.4, -0.2) is 20.1 Å². The Labute approximate surface area is 140 Å². The number of rotatable bonds is 5. The van der Waals surface area contributed by atoms with Crippen LogP contribution in [0.15, 0.2) is 47.4 Å². The van der Waals surface area contributed by atoms with Gasteiger partial charge in [0, 0.05) is 22.2 Å². The molecule has 1 N–H and O–H groups in total. The molecule has 0 radical (unpaired) electrons. The Bertz CT molecular complexity index is 761. The average Bonchev–Trinajstić information content (AvgIpc) is 2.48. The molecule has 0 aromatic heterocycles. The summed E-state index contributed by atoms with van der Waals surface area (Å²) in [5.74, 6) is 0. The molecule has 0 saturated carbocycles. The van der Waals surface area contributed by atoms with Crippen molar-refractivity contribution in [2.45, 2.75) is 18.4 Å². The third-order valence-electron chi connectivity index (χ3n) is 3.18. The molecule has 0 saturated heterocycles. The maximum absolute atomic E-state index is 12.8. The number of nitrogens with zero attached hydrogens (tertiary/aromatic N) is 1. The Kier molecular flexibility index (Phi) is 5.34. The minimum Gasteiger partial charge on any atom is -0.392 e. The molecule has 2 aromatic carbocycles. The van der Waals surface area contributed by atoms with Gasteiger partial charge in [-0.2, -0.15) is 0 Å². The Morgan fingerprint density at radius 3 is 2.18 bits per heavy atom. The van der Waals surface area contributed by atoms with E-state index in [0.717, 1.165) is 0 Å². The number of benzene rings is 2. The van der Waals surface area contributed by atoms with Crippen LogP contribution in [0.2, 0.25) is 10.0 Å². The van der Waals surface area contributed by atoms with E-state index in [1.54, 1.807) is 19.1 Å². The number of halogens is 2. The molecule has 2 rings (SSSR count). The van der Waals surface area contributed by atoms with Gasteiger partial charge in [-0.05, 0) is 43.3 Å². The summed E-state index contributed by atoms with van der Waals surface area (Å²) in [4.78, 5) is 0.127. The molecular weight excluding hydrogens is 345 g/mol.